The largest absolute Gasteiger partial charge is 0.489 e. The number of nitrogens with two attached hydrogens (primary N) is 1. The lowest BCUT2D eigenvalue weighted by Crippen LogP contribution is -2.51. The molecule has 5 N–H and O–H groups in total. The number of amides is 3. The number of primary amides is 1. The second-order valence-electron chi connectivity index (χ2n) is 12.3. The van der Waals surface area contributed by atoms with Crippen molar-refractivity contribution in [2.45, 2.75) is 49.6 Å². The highest BCUT2D eigenvalue weighted by Crippen LogP contribution is 2.48. The first-order valence-corrected chi connectivity index (χ1v) is 14.7. The minimum atomic E-state index is -5.44. The van der Waals surface area contributed by atoms with Crippen molar-refractivity contribution in [3.8, 4) is 17.0 Å². The highest BCUT2D eigenvalue weighted by molar-refractivity contribution is 6.08. The zero-order valence-corrected chi connectivity index (χ0v) is 25.5. The number of rotatable bonds is 8. The third-order valence-electron chi connectivity index (χ3n) is 8.66. The first-order valence-electron chi connectivity index (χ1n) is 14.7. The van der Waals surface area contributed by atoms with Crippen molar-refractivity contribution >= 4 is 34.3 Å². The standard InChI is InChI=1S/C33H28F5N5O5/c1-16-9-18-10-19(11-22(24(18)40-13-16)42-29(46)31(35)7-8-31)27(44)41-14-32(47,33(36,37)38)23-12-21-26(48-15-30(21,2)28(39)45)25(43-23)17-3-5-20(34)6-4-17/h3-6,9-13,47H,7-8,14-15H2,1-2H3,(H2,39,45)(H,41,44)(H,42,46)/t30-,32-/m0/s1. The Balaban J connectivity index is 1.40. The lowest BCUT2D eigenvalue weighted by Gasteiger charge is -2.31. The highest BCUT2D eigenvalue weighted by atomic mass is 19.4. The van der Waals surface area contributed by atoms with Gasteiger partial charge in [-0.2, -0.15) is 13.2 Å². The van der Waals surface area contributed by atoms with E-state index >= 15 is 0 Å². The van der Waals surface area contributed by atoms with E-state index in [9.17, 15) is 41.4 Å². The van der Waals surface area contributed by atoms with Crippen LogP contribution in [-0.4, -0.2) is 57.8 Å². The van der Waals surface area contributed by atoms with Crippen molar-refractivity contribution in [1.29, 1.82) is 0 Å². The number of nitrogens with one attached hydrogen (secondary N) is 2. The first-order chi connectivity index (χ1) is 22.4. The van der Waals surface area contributed by atoms with Gasteiger partial charge in [-0.3, -0.25) is 19.4 Å². The van der Waals surface area contributed by atoms with E-state index in [1.54, 1.807) is 13.0 Å². The number of halogens is 5. The number of hydrogen-bond acceptors (Lipinski definition) is 7. The number of nitrogens with zero attached hydrogens (tertiary/aromatic N) is 2. The van der Waals surface area contributed by atoms with Crippen LogP contribution in [0.15, 0.2) is 54.7 Å². The Hall–Kier alpha value is -5.18. The Labute approximate surface area is 269 Å². The maximum absolute atomic E-state index is 14.8. The Morgan fingerprint density at radius 3 is 2.40 bits per heavy atom. The molecular weight excluding hydrogens is 641 g/mol. The van der Waals surface area contributed by atoms with Gasteiger partial charge in [-0.1, -0.05) is 0 Å². The Bertz CT molecular complexity index is 2000. The van der Waals surface area contributed by atoms with Crippen LogP contribution < -0.4 is 21.1 Å². The molecule has 48 heavy (non-hydrogen) atoms. The molecule has 0 saturated heterocycles. The number of ether oxygens (including phenoxy) is 1. The summed E-state index contributed by atoms with van der Waals surface area (Å²) in [6, 6.07) is 9.50. The topological polar surface area (TPSA) is 157 Å². The molecule has 2 aromatic heterocycles. The minimum Gasteiger partial charge on any atom is -0.489 e. The van der Waals surface area contributed by atoms with Crippen LogP contribution in [0.4, 0.5) is 27.6 Å². The van der Waals surface area contributed by atoms with Gasteiger partial charge in [0.05, 0.1) is 23.4 Å². The van der Waals surface area contributed by atoms with Gasteiger partial charge < -0.3 is 26.2 Å². The fourth-order valence-corrected chi connectivity index (χ4v) is 5.41. The summed E-state index contributed by atoms with van der Waals surface area (Å²) in [5.74, 6) is -3.65. The molecule has 15 heteroatoms. The quantitative estimate of drug-likeness (QED) is 0.201. The lowest BCUT2D eigenvalue weighted by atomic mass is 9.81. The number of aromatic nitrogens is 2. The molecule has 0 bridgehead atoms. The van der Waals surface area contributed by atoms with Crippen LogP contribution in [0.3, 0.4) is 0 Å². The molecule has 10 nitrogen and oxygen atoms in total. The number of carbonyl (C=O) groups excluding carboxylic acids is 3. The molecule has 1 aliphatic carbocycles. The molecule has 4 aromatic rings. The Morgan fingerprint density at radius 1 is 1.08 bits per heavy atom. The minimum absolute atomic E-state index is 0.0177. The monoisotopic (exact) mass is 669 g/mol. The van der Waals surface area contributed by atoms with Crippen LogP contribution in [0.5, 0.6) is 5.75 Å². The molecule has 1 aliphatic heterocycles. The van der Waals surface area contributed by atoms with Gasteiger partial charge >= 0.3 is 6.18 Å². The number of aryl methyl sites for hydroxylation is 1. The Morgan fingerprint density at radius 2 is 1.77 bits per heavy atom. The molecule has 2 atom stereocenters. The molecule has 0 unspecified atom stereocenters. The van der Waals surface area contributed by atoms with Gasteiger partial charge in [0.1, 0.15) is 29.3 Å². The van der Waals surface area contributed by atoms with E-state index < -0.39 is 58.6 Å². The summed E-state index contributed by atoms with van der Waals surface area (Å²) < 4.78 is 78.2. The summed E-state index contributed by atoms with van der Waals surface area (Å²) in [5.41, 5.74) is -2.46. The zero-order chi connectivity index (χ0) is 34.8. The number of alkyl halides is 4. The summed E-state index contributed by atoms with van der Waals surface area (Å²) in [6.45, 7) is 1.28. The average Bonchev–Trinajstić information content (AvgIpc) is 3.70. The van der Waals surface area contributed by atoms with Gasteiger partial charge in [0.25, 0.3) is 11.8 Å². The van der Waals surface area contributed by atoms with Gasteiger partial charge in [-0.05, 0) is 80.8 Å². The summed E-state index contributed by atoms with van der Waals surface area (Å²) in [6.07, 6.45) is -3.91. The summed E-state index contributed by atoms with van der Waals surface area (Å²) >= 11 is 0. The molecular formula is C33H28F5N5O5. The average molecular weight is 670 g/mol. The SMILES string of the molecule is Cc1cnc2c(NC(=O)C3(F)CC3)cc(C(=O)NC[C@](O)(c3cc4c(c(-c5ccc(F)cc5)n3)OC[C@]4(C)C(N)=O)C(F)(F)F)cc2c1. The molecule has 0 spiro atoms. The molecule has 2 aliphatic rings. The maximum atomic E-state index is 14.8. The van der Waals surface area contributed by atoms with Crippen LogP contribution >= 0.6 is 0 Å². The predicted molar refractivity (Wildman–Crippen MR) is 162 cm³/mol. The molecule has 250 valence electrons. The fraction of sp³-hybridized carbons (Fsp3) is 0.303. The van der Waals surface area contributed by atoms with Crippen LogP contribution in [0.25, 0.3) is 22.2 Å². The van der Waals surface area contributed by atoms with Crippen LogP contribution in [0, 0.1) is 12.7 Å². The van der Waals surface area contributed by atoms with Crippen molar-refractivity contribution in [2.24, 2.45) is 5.73 Å². The van der Waals surface area contributed by atoms with Crippen molar-refractivity contribution in [2.75, 3.05) is 18.5 Å². The summed E-state index contributed by atoms with van der Waals surface area (Å²) in [4.78, 5) is 46.7. The summed E-state index contributed by atoms with van der Waals surface area (Å²) in [7, 11) is 0. The van der Waals surface area contributed by atoms with E-state index in [2.05, 4.69) is 20.6 Å². The normalized spacial score (nSPS) is 19.2. The van der Waals surface area contributed by atoms with Gasteiger partial charge in [-0.15, -0.1) is 0 Å². The lowest BCUT2D eigenvalue weighted by molar-refractivity contribution is -0.265. The number of anilines is 1. The van der Waals surface area contributed by atoms with E-state index in [0.29, 0.717) is 10.9 Å². The van der Waals surface area contributed by atoms with Crippen molar-refractivity contribution in [1.82, 2.24) is 15.3 Å². The van der Waals surface area contributed by atoms with Crippen LogP contribution in [-0.2, 0) is 20.6 Å². The molecule has 3 amide bonds. The molecule has 1 fully saturated rings. The van der Waals surface area contributed by atoms with E-state index in [4.69, 9.17) is 10.5 Å². The van der Waals surface area contributed by atoms with Gasteiger partial charge in [-0.25, -0.2) is 13.8 Å². The first kappa shape index (κ1) is 32.7. The third-order valence-corrected chi connectivity index (χ3v) is 8.66. The second kappa shape index (κ2) is 11.2. The molecule has 1 saturated carbocycles. The van der Waals surface area contributed by atoms with Crippen LogP contribution in [0.2, 0.25) is 0 Å². The second-order valence-corrected chi connectivity index (χ2v) is 12.3. The number of fused-ring (bicyclic) bond motifs is 2. The highest BCUT2D eigenvalue weighted by Gasteiger charge is 2.58. The van der Waals surface area contributed by atoms with Gasteiger partial charge in [0, 0.05) is 28.3 Å². The number of benzene rings is 2. The van der Waals surface area contributed by atoms with Crippen molar-refractivity contribution in [3.05, 3.63) is 82.9 Å². The van der Waals surface area contributed by atoms with E-state index in [1.165, 1.54) is 31.3 Å². The number of hydrogen-bond donors (Lipinski definition) is 4. The molecule has 0 radical (unpaired) electrons. The molecule has 2 aromatic carbocycles. The maximum Gasteiger partial charge on any atom is 0.424 e. The number of carbonyl (C=O) groups is 3. The molecule has 6 rings (SSSR count). The van der Waals surface area contributed by atoms with Gasteiger partial charge in [0.15, 0.2) is 5.67 Å². The van der Waals surface area contributed by atoms with E-state index in [-0.39, 0.29) is 58.8 Å². The van der Waals surface area contributed by atoms with Crippen molar-refractivity contribution < 1.29 is 46.2 Å². The van der Waals surface area contributed by atoms with Crippen LogP contribution in [0.1, 0.15) is 46.9 Å². The Kier molecular flexibility index (Phi) is 7.65. The number of pyridine rings is 2. The van der Waals surface area contributed by atoms with Crippen molar-refractivity contribution in [3.63, 3.8) is 0 Å². The van der Waals surface area contributed by atoms with E-state index in [0.717, 1.165) is 24.3 Å². The van der Waals surface area contributed by atoms with E-state index in [1.807, 2.05) is 0 Å². The predicted octanol–water partition coefficient (Wildman–Crippen LogP) is 4.50. The van der Waals surface area contributed by atoms with Gasteiger partial charge in [0.2, 0.25) is 11.5 Å². The summed E-state index contributed by atoms with van der Waals surface area (Å²) in [5, 5.41) is 16.2. The smallest absolute Gasteiger partial charge is 0.424 e. The fourth-order valence-electron chi connectivity index (χ4n) is 5.41. The third kappa shape index (κ3) is 5.57. The number of aliphatic hydroxyl groups is 1. The molecule has 3 heterocycles. The zero-order valence-electron chi connectivity index (χ0n) is 25.5.